The maximum Gasteiger partial charge on any atom is 0.131 e. The molecule has 0 saturated heterocycles. The number of aromatic nitrogens is 1. The first-order valence-corrected chi connectivity index (χ1v) is 6.83. The number of hydrogen-bond acceptors (Lipinski definition) is 3. The van der Waals surface area contributed by atoms with E-state index in [9.17, 15) is 0 Å². The van der Waals surface area contributed by atoms with E-state index < -0.39 is 0 Å². The number of rotatable bonds is 5. The van der Waals surface area contributed by atoms with Gasteiger partial charge < -0.3 is 10.2 Å². The second kappa shape index (κ2) is 6.19. The van der Waals surface area contributed by atoms with Crippen molar-refractivity contribution in [1.29, 1.82) is 0 Å². The van der Waals surface area contributed by atoms with Crippen molar-refractivity contribution in [3.63, 3.8) is 0 Å². The van der Waals surface area contributed by atoms with Crippen molar-refractivity contribution in [2.45, 2.75) is 53.6 Å². The van der Waals surface area contributed by atoms with Gasteiger partial charge in [-0.1, -0.05) is 0 Å². The van der Waals surface area contributed by atoms with Crippen molar-refractivity contribution < 1.29 is 0 Å². The molecule has 0 radical (unpaired) electrons. The average Bonchev–Trinajstić information content (AvgIpc) is 2.29. The van der Waals surface area contributed by atoms with Gasteiger partial charge in [-0.25, -0.2) is 4.98 Å². The average molecular weight is 249 g/mol. The van der Waals surface area contributed by atoms with Crippen LogP contribution < -0.4 is 10.2 Å². The molecule has 1 N–H and O–H groups in total. The minimum absolute atomic E-state index is 0.144. The molecule has 0 atom stereocenters. The summed E-state index contributed by atoms with van der Waals surface area (Å²) in [5, 5.41) is 3.49. The molecule has 0 bridgehead atoms. The van der Waals surface area contributed by atoms with E-state index in [1.807, 2.05) is 6.20 Å². The van der Waals surface area contributed by atoms with Gasteiger partial charge in [-0.05, 0) is 58.7 Å². The molecule has 1 aromatic rings. The zero-order valence-corrected chi connectivity index (χ0v) is 12.7. The van der Waals surface area contributed by atoms with Crippen molar-refractivity contribution in [2.75, 3.05) is 18.0 Å². The van der Waals surface area contributed by atoms with Crippen molar-refractivity contribution in [1.82, 2.24) is 10.3 Å². The van der Waals surface area contributed by atoms with Crippen LogP contribution >= 0.6 is 0 Å². The number of pyridine rings is 1. The molecule has 1 rings (SSSR count). The molecule has 0 aromatic carbocycles. The molecule has 0 saturated carbocycles. The first-order valence-electron chi connectivity index (χ1n) is 6.83. The Morgan fingerprint density at radius 2 is 1.83 bits per heavy atom. The van der Waals surface area contributed by atoms with Crippen LogP contribution in [0.5, 0.6) is 0 Å². The van der Waals surface area contributed by atoms with Gasteiger partial charge in [0, 0.05) is 31.4 Å². The molecule has 3 heteroatoms. The van der Waals surface area contributed by atoms with Crippen LogP contribution in [0.25, 0.3) is 0 Å². The largest absolute Gasteiger partial charge is 0.357 e. The number of aryl methyl sites for hydroxylation is 1. The van der Waals surface area contributed by atoms with Gasteiger partial charge in [0.25, 0.3) is 0 Å². The minimum atomic E-state index is 0.144. The Kier molecular flexibility index (Phi) is 5.15. The highest BCUT2D eigenvalue weighted by atomic mass is 15.2. The van der Waals surface area contributed by atoms with Crippen molar-refractivity contribution in [2.24, 2.45) is 0 Å². The Morgan fingerprint density at radius 1 is 1.22 bits per heavy atom. The van der Waals surface area contributed by atoms with Crippen LogP contribution in [0.2, 0.25) is 0 Å². The molecule has 1 heterocycles. The van der Waals surface area contributed by atoms with Crippen LogP contribution in [-0.2, 0) is 6.54 Å². The van der Waals surface area contributed by atoms with E-state index in [2.05, 4.69) is 62.8 Å². The molecule has 0 fully saturated rings. The first kappa shape index (κ1) is 15.0. The molecule has 0 amide bonds. The second-order valence-electron chi connectivity index (χ2n) is 5.76. The van der Waals surface area contributed by atoms with Crippen LogP contribution in [0.1, 0.15) is 45.7 Å². The Bertz CT molecular complexity index is 376. The molecule has 18 heavy (non-hydrogen) atoms. The summed E-state index contributed by atoms with van der Waals surface area (Å²) >= 11 is 0. The third kappa shape index (κ3) is 4.30. The number of nitrogens with one attached hydrogen (secondary N) is 1. The van der Waals surface area contributed by atoms with Crippen molar-refractivity contribution in [3.05, 3.63) is 23.4 Å². The van der Waals surface area contributed by atoms with E-state index >= 15 is 0 Å². The quantitative estimate of drug-likeness (QED) is 0.869. The predicted molar refractivity (Wildman–Crippen MR) is 79.1 cm³/mol. The topological polar surface area (TPSA) is 28.2 Å². The maximum absolute atomic E-state index is 4.61. The van der Waals surface area contributed by atoms with Gasteiger partial charge in [0.15, 0.2) is 0 Å². The van der Waals surface area contributed by atoms with E-state index in [1.54, 1.807) is 0 Å². The lowest BCUT2D eigenvalue weighted by Gasteiger charge is -2.23. The second-order valence-corrected chi connectivity index (χ2v) is 5.76. The van der Waals surface area contributed by atoms with Gasteiger partial charge >= 0.3 is 0 Å². The number of nitrogens with zero attached hydrogens (tertiary/aromatic N) is 2. The highest BCUT2D eigenvalue weighted by Crippen LogP contribution is 2.17. The smallest absolute Gasteiger partial charge is 0.131 e. The van der Waals surface area contributed by atoms with Crippen LogP contribution in [0.15, 0.2) is 12.3 Å². The standard InChI is InChI=1S/C15H27N3/c1-7-18(8-2)14-12(3)9-13(10-16-14)11-17-15(4,5)6/h9-10,17H,7-8,11H2,1-6H3. The van der Waals surface area contributed by atoms with E-state index in [0.29, 0.717) is 0 Å². The van der Waals surface area contributed by atoms with Crippen molar-refractivity contribution in [3.8, 4) is 0 Å². The highest BCUT2D eigenvalue weighted by Gasteiger charge is 2.11. The SMILES string of the molecule is CCN(CC)c1ncc(CNC(C)(C)C)cc1C. The third-order valence-corrected chi connectivity index (χ3v) is 2.99. The molecule has 0 aliphatic carbocycles. The summed E-state index contributed by atoms with van der Waals surface area (Å²) in [7, 11) is 0. The fourth-order valence-corrected chi connectivity index (χ4v) is 1.94. The molecular weight excluding hydrogens is 222 g/mol. The van der Waals surface area contributed by atoms with Crippen LogP contribution in [-0.4, -0.2) is 23.6 Å². The normalized spacial score (nSPS) is 11.7. The van der Waals surface area contributed by atoms with E-state index in [1.165, 1.54) is 11.1 Å². The Balaban J connectivity index is 2.79. The summed E-state index contributed by atoms with van der Waals surface area (Å²) in [5.74, 6) is 1.11. The summed E-state index contributed by atoms with van der Waals surface area (Å²) in [6, 6.07) is 2.24. The molecule has 102 valence electrons. The zero-order chi connectivity index (χ0) is 13.8. The lowest BCUT2D eigenvalue weighted by atomic mass is 10.1. The third-order valence-electron chi connectivity index (χ3n) is 2.99. The van der Waals surface area contributed by atoms with Gasteiger partial charge in [-0.2, -0.15) is 0 Å². The van der Waals surface area contributed by atoms with Gasteiger partial charge in [0.1, 0.15) is 5.82 Å². The summed E-state index contributed by atoms with van der Waals surface area (Å²) < 4.78 is 0. The summed E-state index contributed by atoms with van der Waals surface area (Å²) in [6.07, 6.45) is 1.99. The van der Waals surface area contributed by atoms with Crippen LogP contribution in [0, 0.1) is 6.92 Å². The van der Waals surface area contributed by atoms with Gasteiger partial charge in [0.2, 0.25) is 0 Å². The first-order chi connectivity index (χ1) is 8.37. The minimum Gasteiger partial charge on any atom is -0.357 e. The van der Waals surface area contributed by atoms with E-state index in [0.717, 1.165) is 25.5 Å². The maximum atomic E-state index is 4.61. The Morgan fingerprint density at radius 3 is 2.28 bits per heavy atom. The Hall–Kier alpha value is -1.09. The fraction of sp³-hybridized carbons (Fsp3) is 0.667. The summed E-state index contributed by atoms with van der Waals surface area (Å²) in [5.41, 5.74) is 2.65. The lowest BCUT2D eigenvalue weighted by molar-refractivity contribution is 0.424. The molecule has 0 aliphatic heterocycles. The summed E-state index contributed by atoms with van der Waals surface area (Å²) in [4.78, 5) is 6.89. The molecule has 0 unspecified atom stereocenters. The van der Waals surface area contributed by atoms with Gasteiger partial charge in [-0.3, -0.25) is 0 Å². The molecule has 0 aliphatic rings. The van der Waals surface area contributed by atoms with Crippen LogP contribution in [0.4, 0.5) is 5.82 Å². The van der Waals surface area contributed by atoms with E-state index in [-0.39, 0.29) is 5.54 Å². The highest BCUT2D eigenvalue weighted by molar-refractivity contribution is 5.47. The predicted octanol–water partition coefficient (Wildman–Crippen LogP) is 3.12. The van der Waals surface area contributed by atoms with E-state index in [4.69, 9.17) is 0 Å². The fourth-order valence-electron chi connectivity index (χ4n) is 1.94. The zero-order valence-electron chi connectivity index (χ0n) is 12.7. The number of anilines is 1. The molecule has 3 nitrogen and oxygen atoms in total. The molecule has 0 spiro atoms. The van der Waals surface area contributed by atoms with Crippen molar-refractivity contribution >= 4 is 5.82 Å². The van der Waals surface area contributed by atoms with Gasteiger partial charge in [0.05, 0.1) is 0 Å². The van der Waals surface area contributed by atoms with Gasteiger partial charge in [-0.15, -0.1) is 0 Å². The summed E-state index contributed by atoms with van der Waals surface area (Å²) in [6.45, 7) is 15.9. The van der Waals surface area contributed by atoms with Crippen LogP contribution in [0.3, 0.4) is 0 Å². The Labute approximate surface area is 112 Å². The number of hydrogen-bond donors (Lipinski definition) is 1. The molecular formula is C15H27N3. The molecule has 1 aromatic heterocycles. The monoisotopic (exact) mass is 249 g/mol. The lowest BCUT2D eigenvalue weighted by Crippen LogP contribution is -2.35.